The smallest absolute Gasteiger partial charge is 0.210 e. The van der Waals surface area contributed by atoms with Crippen molar-refractivity contribution in [1.82, 2.24) is 4.72 Å². The van der Waals surface area contributed by atoms with Gasteiger partial charge in [-0.1, -0.05) is 6.92 Å². The highest BCUT2D eigenvalue weighted by Gasteiger charge is 3.03. The van der Waals surface area contributed by atoms with Crippen LogP contribution in [0.3, 0.4) is 0 Å². The Morgan fingerprint density at radius 1 is 0.274 bits per heavy atom. The summed E-state index contributed by atoms with van der Waals surface area (Å²) in [6.07, 6.45) is -9.40. The van der Waals surface area contributed by atoms with Crippen LogP contribution in [0.1, 0.15) is 13.3 Å². The highest BCUT2D eigenvalue weighted by molar-refractivity contribution is 7.90. The summed E-state index contributed by atoms with van der Waals surface area (Å²) >= 11 is 0. The largest absolute Gasteiger partial charge is 0.460 e. The molecule has 0 spiro atoms. The van der Waals surface area contributed by atoms with E-state index < -0.39 is 129 Å². The molecule has 0 saturated heterocycles. The molecule has 0 aliphatic carbocycles. The van der Waals surface area contributed by atoms with Gasteiger partial charge in [0.05, 0.1) is 0 Å². The minimum Gasteiger partial charge on any atom is -0.210 e. The lowest BCUT2D eigenvalue weighted by Gasteiger charge is -2.47. The van der Waals surface area contributed by atoms with Crippen LogP contribution in [0, 0.1) is 0 Å². The van der Waals surface area contributed by atoms with Crippen LogP contribution in [0.5, 0.6) is 0 Å². The molecule has 0 saturated carbocycles. The number of hydrogen-bond acceptors (Lipinski definition) is 2. The monoisotopic (exact) mass is 1040 g/mol. The van der Waals surface area contributed by atoms with E-state index >= 15 is 0 Å². The minimum atomic E-state index is -10.5. The molecule has 0 aliphatic heterocycles. The summed E-state index contributed by atoms with van der Waals surface area (Å²) in [4.78, 5) is 0. The molecule has 0 aromatic heterocycles. The summed E-state index contributed by atoms with van der Waals surface area (Å²) in [6.45, 7) is -1.03. The van der Waals surface area contributed by atoms with Crippen molar-refractivity contribution in [3.63, 3.8) is 0 Å². The van der Waals surface area contributed by atoms with Crippen LogP contribution in [-0.4, -0.2) is 121 Å². The summed E-state index contributed by atoms with van der Waals surface area (Å²) in [6, 6.07) is 0. The molecule has 374 valence electrons. The van der Waals surface area contributed by atoms with Crippen molar-refractivity contribution in [3.8, 4) is 0 Å². The third-order valence-electron chi connectivity index (χ3n) is 7.52. The van der Waals surface area contributed by atoms with Gasteiger partial charge in [-0.15, -0.1) is 0 Å². The first-order valence-corrected chi connectivity index (χ1v) is 15.0. The molecular weight excluding hydrogens is 1030 g/mol. The molecule has 0 amide bonds. The molecule has 62 heavy (non-hydrogen) atoms. The van der Waals surface area contributed by atoms with E-state index in [1.807, 2.05) is 0 Å². The van der Waals surface area contributed by atoms with Crippen LogP contribution in [0.25, 0.3) is 0 Å². The van der Waals surface area contributed by atoms with Crippen LogP contribution in [0.4, 0.5) is 162 Å². The van der Waals surface area contributed by atoms with Gasteiger partial charge in [0.25, 0.3) is 10.0 Å². The Morgan fingerprint density at radius 3 is 0.565 bits per heavy atom. The summed E-state index contributed by atoms with van der Waals surface area (Å²) in [5.41, 5.74) is 0. The van der Waals surface area contributed by atoms with E-state index in [2.05, 4.69) is 0 Å². The van der Waals surface area contributed by atoms with Crippen molar-refractivity contribution in [2.45, 2.75) is 120 Å². The summed E-state index contributed by atoms with van der Waals surface area (Å²) in [5, 5.41) is -8.16. The Hall–Kier alpha value is -2.68. The predicted molar refractivity (Wildman–Crippen MR) is 117 cm³/mol. The van der Waals surface area contributed by atoms with E-state index in [1.165, 1.54) is 0 Å². The van der Waals surface area contributed by atoms with E-state index in [-0.39, 0.29) is 4.72 Å². The number of rotatable bonds is 20. The summed E-state index contributed by atoms with van der Waals surface area (Å²) in [7, 11) is -7.79. The lowest BCUT2D eigenvalue weighted by molar-refractivity contribution is -0.493. The zero-order chi connectivity index (χ0) is 51.6. The third kappa shape index (κ3) is 6.73. The number of halogens is 37. The molecule has 0 aromatic carbocycles. The number of sulfonamides is 1. The molecule has 0 unspecified atom stereocenters. The Bertz CT molecular complexity index is 1740. The van der Waals surface area contributed by atoms with Gasteiger partial charge in [0.2, 0.25) is 0 Å². The molecule has 0 bridgehead atoms. The standard InChI is InChI=1S/C21H8F37NO2S/c1-2-3-59-62(60,61)21(57,58)19(52,53)17(48,49)15(44,45)13(40,41)11(36,37)9(32,33)7(28,29)5(24,25)4(22,23)6(26,27)8(30,31)10(34,35)12(38,39)14(42,43)16(46,47)18(50,51)20(54,55)56/h59H,2-3H2,1H3. The van der Waals surface area contributed by atoms with Crippen LogP contribution in [-0.2, 0) is 10.0 Å². The van der Waals surface area contributed by atoms with Crippen LogP contribution in [0.2, 0.25) is 0 Å². The average Bonchev–Trinajstić information content (AvgIpc) is 3.05. The second kappa shape index (κ2) is 14.7. The van der Waals surface area contributed by atoms with Gasteiger partial charge >= 0.3 is 106 Å². The van der Waals surface area contributed by atoms with Gasteiger partial charge in [0.1, 0.15) is 0 Å². The van der Waals surface area contributed by atoms with Gasteiger partial charge in [-0.2, -0.15) is 162 Å². The van der Waals surface area contributed by atoms with Gasteiger partial charge in [-0.05, 0) is 6.42 Å². The molecule has 0 atom stereocenters. The first-order chi connectivity index (χ1) is 26.1. The Morgan fingerprint density at radius 2 is 0.419 bits per heavy atom. The quantitative estimate of drug-likeness (QED) is 0.124. The van der Waals surface area contributed by atoms with E-state index in [1.54, 1.807) is 0 Å². The van der Waals surface area contributed by atoms with Gasteiger partial charge in [0.15, 0.2) is 0 Å². The number of alkyl halides is 37. The second-order valence-electron chi connectivity index (χ2n) is 11.6. The highest BCUT2D eigenvalue weighted by Crippen LogP contribution is 2.70. The normalized spacial score (nSPS) is 17.2. The van der Waals surface area contributed by atoms with Crippen molar-refractivity contribution < 1.29 is 171 Å². The zero-order valence-corrected chi connectivity index (χ0v) is 27.9. The van der Waals surface area contributed by atoms with Crippen molar-refractivity contribution in [2.24, 2.45) is 0 Å². The Labute approximate surface area is 312 Å². The van der Waals surface area contributed by atoms with E-state index in [0.717, 1.165) is 0 Å². The lowest BCUT2D eigenvalue weighted by Crippen LogP contribution is -2.80. The second-order valence-corrected chi connectivity index (χ2v) is 13.4. The fourth-order valence-electron chi connectivity index (χ4n) is 3.62. The molecular formula is C21H8F37NO2S. The Balaban J connectivity index is 7.93. The van der Waals surface area contributed by atoms with Gasteiger partial charge < -0.3 is 0 Å². The van der Waals surface area contributed by atoms with E-state index in [9.17, 15) is 171 Å². The SMILES string of the molecule is CCCNS(=O)(=O)C(F)(F)C(F)(F)C(F)(F)C(F)(F)C(F)(F)C(F)(F)C(F)(F)C(F)(F)C(F)(F)C(F)(F)C(F)(F)C(F)(F)C(F)(F)C(F)(F)C(F)(F)C(F)(F)C(F)(F)C(F)(F)F. The highest BCUT2D eigenvalue weighted by atomic mass is 32.2. The molecule has 0 radical (unpaired) electrons. The maximum atomic E-state index is 14.0. The molecule has 0 heterocycles. The fourth-order valence-corrected chi connectivity index (χ4v) is 4.74. The molecule has 0 rings (SSSR count). The van der Waals surface area contributed by atoms with E-state index in [4.69, 9.17) is 0 Å². The molecule has 0 aromatic rings. The molecule has 3 nitrogen and oxygen atoms in total. The summed E-state index contributed by atoms with van der Waals surface area (Å²) in [5.74, 6) is -160. The lowest BCUT2D eigenvalue weighted by atomic mass is 9.82. The van der Waals surface area contributed by atoms with Crippen LogP contribution < -0.4 is 4.72 Å². The first kappa shape index (κ1) is 59.3. The number of nitrogens with one attached hydrogen (secondary N) is 1. The van der Waals surface area contributed by atoms with Gasteiger partial charge in [-0.25, -0.2) is 13.1 Å². The van der Waals surface area contributed by atoms with Crippen molar-refractivity contribution in [3.05, 3.63) is 0 Å². The van der Waals surface area contributed by atoms with Crippen molar-refractivity contribution >= 4 is 10.0 Å². The molecule has 1 N–H and O–H groups in total. The predicted octanol–water partition coefficient (Wildman–Crippen LogP) is 11.6. The Kier molecular flexibility index (Phi) is 14.0. The molecule has 0 fully saturated rings. The van der Waals surface area contributed by atoms with Crippen molar-refractivity contribution in [1.29, 1.82) is 0 Å². The fraction of sp³-hybridized carbons (Fsp3) is 1.00. The van der Waals surface area contributed by atoms with E-state index in [0.29, 0.717) is 6.92 Å². The topological polar surface area (TPSA) is 46.2 Å². The van der Waals surface area contributed by atoms with Crippen LogP contribution in [0.15, 0.2) is 0 Å². The maximum absolute atomic E-state index is 14.0. The van der Waals surface area contributed by atoms with Crippen molar-refractivity contribution in [2.75, 3.05) is 6.54 Å². The van der Waals surface area contributed by atoms with Crippen LogP contribution >= 0.6 is 0 Å². The molecule has 41 heteroatoms. The van der Waals surface area contributed by atoms with Gasteiger partial charge in [-0.3, -0.25) is 0 Å². The maximum Gasteiger partial charge on any atom is 0.460 e. The first-order valence-electron chi connectivity index (χ1n) is 13.5. The number of hydrogen-bond donors (Lipinski definition) is 1. The van der Waals surface area contributed by atoms with Gasteiger partial charge in [0, 0.05) is 6.54 Å². The molecule has 0 aliphatic rings. The third-order valence-corrected chi connectivity index (χ3v) is 9.03. The zero-order valence-electron chi connectivity index (χ0n) is 27.1. The average molecular weight is 1040 g/mol. The minimum absolute atomic E-state index is 0.0979. The summed E-state index contributed by atoms with van der Waals surface area (Å²) < 4.78 is 528.